The molecule has 7 heteroatoms. The first-order chi connectivity index (χ1) is 37.4. The van der Waals surface area contributed by atoms with Crippen LogP contribution in [0.2, 0.25) is 0 Å². The Bertz CT molecular complexity index is 4990. The summed E-state index contributed by atoms with van der Waals surface area (Å²) in [6.45, 7) is 23.1. The SMILES string of the molecule is [C-]#[N+]c1c(-c2ccc(C(C)(C)C)cc2)c(C#N)c(-n2c3c(ccc4c5ccccc5sc43)c3ccc4c5ccccc5sc4c32)c(-c2ccc(C(C)(C)C)cc2)c1-n1c2ccccc2c2ccc3c4ccccc4sc3c21. The minimum atomic E-state index is -0.126. The lowest BCUT2D eigenvalue weighted by atomic mass is 9.83. The molecule has 0 amide bonds. The average Bonchev–Trinajstić information content (AvgIpc) is 4.41. The monoisotopic (exact) mass is 1040 g/mol. The molecular formula is C70H48N4S3. The summed E-state index contributed by atoms with van der Waals surface area (Å²) in [6.07, 6.45) is 0. The van der Waals surface area contributed by atoms with E-state index in [0.29, 0.717) is 16.8 Å². The molecule has 0 aliphatic heterocycles. The number of hydrogen-bond donors (Lipinski definition) is 0. The molecule has 0 N–H and O–H groups in total. The Morgan fingerprint density at radius 3 is 1.21 bits per heavy atom. The minimum Gasteiger partial charge on any atom is -0.317 e. The van der Waals surface area contributed by atoms with Crippen molar-refractivity contribution < 1.29 is 0 Å². The highest BCUT2D eigenvalue weighted by Crippen LogP contribution is 2.56. The second-order valence-electron chi connectivity index (χ2n) is 22.5. The molecule has 0 unspecified atom stereocenters. The van der Waals surface area contributed by atoms with Crippen LogP contribution < -0.4 is 0 Å². The lowest BCUT2D eigenvalue weighted by Crippen LogP contribution is -2.12. The van der Waals surface area contributed by atoms with Gasteiger partial charge in [-0.15, -0.1) is 34.0 Å². The molecule has 4 nitrogen and oxygen atoms in total. The third-order valence-corrected chi connectivity index (χ3v) is 19.7. The van der Waals surface area contributed by atoms with Crippen LogP contribution in [0, 0.1) is 17.9 Å². The van der Waals surface area contributed by atoms with Crippen molar-refractivity contribution in [1.82, 2.24) is 9.13 Å². The first kappa shape index (κ1) is 45.8. The van der Waals surface area contributed by atoms with E-state index in [2.05, 4.69) is 239 Å². The maximum Gasteiger partial charge on any atom is 0.220 e. The van der Waals surface area contributed by atoms with Gasteiger partial charge in [0.05, 0.1) is 59.7 Å². The summed E-state index contributed by atoms with van der Waals surface area (Å²) in [6, 6.07) is 69.2. The summed E-state index contributed by atoms with van der Waals surface area (Å²) in [5, 5.41) is 24.1. The number of nitriles is 1. The molecular weight excluding hydrogens is 993 g/mol. The predicted molar refractivity (Wildman–Crippen MR) is 333 cm³/mol. The van der Waals surface area contributed by atoms with Gasteiger partial charge >= 0.3 is 0 Å². The fourth-order valence-electron chi connectivity index (χ4n) is 12.4. The number of rotatable bonds is 4. The quantitative estimate of drug-likeness (QED) is 0.162. The van der Waals surface area contributed by atoms with Crippen molar-refractivity contribution in [1.29, 1.82) is 5.26 Å². The molecule has 0 aliphatic carbocycles. The maximum absolute atomic E-state index is 12.5. The van der Waals surface area contributed by atoms with Crippen LogP contribution in [-0.2, 0) is 10.8 Å². The van der Waals surface area contributed by atoms with Gasteiger partial charge in [0, 0.05) is 79.1 Å². The van der Waals surface area contributed by atoms with Gasteiger partial charge in [0.15, 0.2) is 0 Å². The molecule has 10 aromatic carbocycles. The van der Waals surface area contributed by atoms with Crippen LogP contribution in [0.3, 0.4) is 0 Å². The second-order valence-corrected chi connectivity index (χ2v) is 25.7. The van der Waals surface area contributed by atoms with Gasteiger partial charge in [0.25, 0.3) is 0 Å². The average molecular weight is 1040 g/mol. The Hall–Kier alpha value is -8.56. The third kappa shape index (κ3) is 6.52. The molecule has 0 fully saturated rings. The van der Waals surface area contributed by atoms with Gasteiger partial charge in [-0.05, 0) is 57.3 Å². The highest BCUT2D eigenvalue weighted by Gasteiger charge is 2.34. The number of para-hydroxylation sites is 1. The summed E-state index contributed by atoms with van der Waals surface area (Å²) < 4.78 is 12.0. The highest BCUT2D eigenvalue weighted by molar-refractivity contribution is 7.27. The number of nitrogens with zero attached hydrogens (tertiary/aromatic N) is 4. The molecule has 0 bridgehead atoms. The van der Waals surface area contributed by atoms with Crippen molar-refractivity contribution in [2.24, 2.45) is 0 Å². The fourth-order valence-corrected chi connectivity index (χ4v) is 16.1. The van der Waals surface area contributed by atoms with Gasteiger partial charge in [-0.3, -0.25) is 0 Å². The molecule has 15 aromatic rings. The summed E-state index contributed by atoms with van der Waals surface area (Å²) in [4.78, 5) is 4.74. The Morgan fingerprint density at radius 1 is 0.403 bits per heavy atom. The van der Waals surface area contributed by atoms with Crippen molar-refractivity contribution in [3.63, 3.8) is 0 Å². The molecule has 15 rings (SSSR count). The molecule has 0 atom stereocenters. The van der Waals surface area contributed by atoms with E-state index >= 15 is 0 Å². The van der Waals surface area contributed by atoms with Crippen molar-refractivity contribution in [2.75, 3.05) is 0 Å². The standard InChI is InChI=1S/C70H48N4S3/c1-69(2,3)41-28-24-39(25-29-41)58-53(38-71)61(74-63-48(33-36-51-45-18-10-14-22-56(45)76-67(51)63)49-34-37-52-46-19-11-15-23-57(46)77-68(52)64(49)74)59(40-26-30-42(31-27-40)70(4,5)6)65(60(58)72-7)73-54-20-12-8-16-43(54)47-32-35-50-44-17-9-13-21-55(44)75-66(50)62(47)73/h8-37H,1-6H3. The Morgan fingerprint density at radius 2 is 0.779 bits per heavy atom. The second kappa shape index (κ2) is 16.5. The van der Waals surface area contributed by atoms with Gasteiger partial charge in [0.1, 0.15) is 6.07 Å². The molecule has 366 valence electrons. The molecule has 5 heterocycles. The molecule has 0 saturated heterocycles. The van der Waals surface area contributed by atoms with Gasteiger partial charge in [-0.2, -0.15) is 5.26 Å². The number of fused-ring (bicyclic) bond motifs is 18. The van der Waals surface area contributed by atoms with E-state index in [1.54, 1.807) is 11.3 Å². The maximum atomic E-state index is 12.5. The van der Waals surface area contributed by atoms with Crippen molar-refractivity contribution in [3.8, 4) is 39.7 Å². The van der Waals surface area contributed by atoms with Crippen LogP contribution in [0.4, 0.5) is 5.69 Å². The molecule has 0 spiro atoms. The van der Waals surface area contributed by atoms with Crippen molar-refractivity contribution in [3.05, 3.63) is 210 Å². The summed E-state index contributed by atoms with van der Waals surface area (Å²) >= 11 is 5.43. The Labute approximate surface area is 457 Å². The smallest absolute Gasteiger partial charge is 0.220 e. The fraction of sp³-hybridized carbons (Fsp3) is 0.114. The van der Waals surface area contributed by atoms with Crippen LogP contribution in [0.15, 0.2) is 182 Å². The number of thiophene rings is 3. The normalized spacial score (nSPS) is 12.5. The topological polar surface area (TPSA) is 38.0 Å². The van der Waals surface area contributed by atoms with E-state index in [-0.39, 0.29) is 10.8 Å². The van der Waals surface area contributed by atoms with Crippen molar-refractivity contribution in [2.45, 2.75) is 52.4 Å². The zero-order valence-electron chi connectivity index (χ0n) is 43.3. The lowest BCUT2D eigenvalue weighted by Gasteiger charge is -2.27. The highest BCUT2D eigenvalue weighted by atomic mass is 32.1. The number of benzene rings is 10. The lowest BCUT2D eigenvalue weighted by molar-refractivity contribution is 0.590. The summed E-state index contributed by atoms with van der Waals surface area (Å²) in [5.74, 6) is 0. The zero-order valence-corrected chi connectivity index (χ0v) is 45.8. The van der Waals surface area contributed by atoms with E-state index in [4.69, 9.17) is 4.85 Å². The van der Waals surface area contributed by atoms with Gasteiger partial charge in [-0.1, -0.05) is 199 Å². The van der Waals surface area contributed by atoms with Crippen LogP contribution in [-0.4, -0.2) is 9.13 Å². The zero-order chi connectivity index (χ0) is 52.2. The number of hydrogen-bond acceptors (Lipinski definition) is 4. The predicted octanol–water partition coefficient (Wildman–Crippen LogP) is 21.3. The van der Waals surface area contributed by atoms with Crippen LogP contribution in [0.5, 0.6) is 0 Å². The number of aromatic nitrogens is 2. The van der Waals surface area contributed by atoms with Crippen LogP contribution in [0.25, 0.3) is 143 Å². The van der Waals surface area contributed by atoms with E-state index in [1.165, 1.54) is 57.5 Å². The molecule has 0 aliphatic rings. The van der Waals surface area contributed by atoms with E-state index < -0.39 is 0 Å². The Balaban J connectivity index is 1.26. The Kier molecular flexibility index (Phi) is 9.80. The van der Waals surface area contributed by atoms with Crippen LogP contribution >= 0.6 is 34.0 Å². The molecule has 5 aromatic heterocycles. The van der Waals surface area contributed by atoms with Crippen molar-refractivity contribution >= 4 is 144 Å². The van der Waals surface area contributed by atoms with Crippen LogP contribution in [0.1, 0.15) is 58.2 Å². The molecule has 77 heavy (non-hydrogen) atoms. The minimum absolute atomic E-state index is 0.120. The first-order valence-corrected chi connectivity index (χ1v) is 28.6. The third-order valence-electron chi connectivity index (χ3n) is 16.1. The van der Waals surface area contributed by atoms with Gasteiger partial charge < -0.3 is 9.13 Å². The summed E-state index contributed by atoms with van der Waals surface area (Å²) in [7, 11) is 0. The van der Waals surface area contributed by atoms with E-state index in [9.17, 15) is 11.8 Å². The summed E-state index contributed by atoms with van der Waals surface area (Å²) in [5.41, 5.74) is 11.9. The van der Waals surface area contributed by atoms with Gasteiger partial charge in [-0.25, -0.2) is 4.85 Å². The molecule has 0 saturated carbocycles. The van der Waals surface area contributed by atoms with E-state index in [0.717, 1.165) is 85.8 Å². The van der Waals surface area contributed by atoms with Gasteiger partial charge in [0.2, 0.25) is 5.69 Å². The van der Waals surface area contributed by atoms with E-state index in [1.807, 2.05) is 22.7 Å². The molecule has 0 radical (unpaired) electrons. The first-order valence-electron chi connectivity index (χ1n) is 26.2. The largest absolute Gasteiger partial charge is 0.317 e.